The second-order valence-corrected chi connectivity index (χ2v) is 6.46. The van der Waals surface area contributed by atoms with Gasteiger partial charge in [-0.3, -0.25) is 4.90 Å². The molecule has 3 rings (SSSR count). The van der Waals surface area contributed by atoms with Crippen molar-refractivity contribution in [3.8, 4) is 5.75 Å². The van der Waals surface area contributed by atoms with Crippen LogP contribution in [0, 0.1) is 13.8 Å². The zero-order valence-electron chi connectivity index (χ0n) is 14.0. The van der Waals surface area contributed by atoms with Gasteiger partial charge in [-0.2, -0.15) is 0 Å². The molecule has 0 amide bonds. The molecule has 2 aromatic rings. The largest absolute Gasteiger partial charge is 0.496 e. The van der Waals surface area contributed by atoms with Crippen LogP contribution >= 0.6 is 0 Å². The lowest BCUT2D eigenvalue weighted by atomic mass is 9.87. The lowest BCUT2D eigenvalue weighted by Gasteiger charge is -2.35. The molecule has 0 N–H and O–H groups in total. The van der Waals surface area contributed by atoms with Crippen molar-refractivity contribution in [1.82, 2.24) is 4.90 Å². The Kier molecular flexibility index (Phi) is 4.21. The fourth-order valence-corrected chi connectivity index (χ4v) is 3.41. The van der Waals surface area contributed by atoms with E-state index in [1.165, 1.54) is 27.8 Å². The summed E-state index contributed by atoms with van der Waals surface area (Å²) >= 11 is 0. The third-order valence-electron chi connectivity index (χ3n) is 4.83. The lowest BCUT2D eigenvalue weighted by Crippen LogP contribution is -2.33. The molecule has 1 unspecified atom stereocenters. The summed E-state index contributed by atoms with van der Waals surface area (Å²) in [5.74, 6) is 1.00. The Labute approximate surface area is 133 Å². The molecule has 0 fully saturated rings. The average Bonchev–Trinajstić information content (AvgIpc) is 2.52. The Morgan fingerprint density at radius 2 is 1.86 bits per heavy atom. The molecule has 1 aliphatic rings. The molecule has 1 atom stereocenters. The first-order valence-corrected chi connectivity index (χ1v) is 8.01. The van der Waals surface area contributed by atoms with E-state index in [0.717, 1.165) is 25.1 Å². The van der Waals surface area contributed by atoms with Gasteiger partial charge in [0.2, 0.25) is 0 Å². The van der Waals surface area contributed by atoms with Crippen LogP contribution in [-0.2, 0) is 12.8 Å². The molecule has 2 heteroatoms. The number of benzene rings is 2. The van der Waals surface area contributed by atoms with Crippen LogP contribution in [-0.4, -0.2) is 25.6 Å². The molecule has 0 aliphatic carbocycles. The number of hydrogen-bond acceptors (Lipinski definition) is 2. The van der Waals surface area contributed by atoms with Crippen LogP contribution in [0.3, 0.4) is 0 Å². The minimum atomic E-state index is 0.431. The summed E-state index contributed by atoms with van der Waals surface area (Å²) in [6.45, 7) is 5.39. The number of aryl methyl sites for hydroxylation is 2. The van der Waals surface area contributed by atoms with Crippen molar-refractivity contribution >= 4 is 0 Å². The summed E-state index contributed by atoms with van der Waals surface area (Å²) in [7, 11) is 3.99. The Hall–Kier alpha value is -1.80. The molecule has 116 valence electrons. The van der Waals surface area contributed by atoms with Crippen LogP contribution in [0.5, 0.6) is 5.75 Å². The zero-order chi connectivity index (χ0) is 15.7. The maximum atomic E-state index is 5.54. The van der Waals surface area contributed by atoms with Crippen LogP contribution in [0.4, 0.5) is 0 Å². The Balaban J connectivity index is 1.96. The third kappa shape index (κ3) is 2.89. The monoisotopic (exact) mass is 295 g/mol. The smallest absolute Gasteiger partial charge is 0.122 e. The summed E-state index contributed by atoms with van der Waals surface area (Å²) in [5.41, 5.74) is 6.86. The minimum absolute atomic E-state index is 0.431. The molecular weight excluding hydrogens is 270 g/mol. The minimum Gasteiger partial charge on any atom is -0.496 e. The Morgan fingerprint density at radius 3 is 2.55 bits per heavy atom. The molecule has 1 heterocycles. The van der Waals surface area contributed by atoms with Crippen molar-refractivity contribution in [2.45, 2.75) is 32.7 Å². The number of methoxy groups -OCH3 is 1. The summed E-state index contributed by atoms with van der Waals surface area (Å²) in [5, 5.41) is 0. The van der Waals surface area contributed by atoms with Gasteiger partial charge in [0.05, 0.1) is 7.11 Å². The normalized spacial score (nSPS) is 18.1. The number of likely N-dealkylation sites (N-methyl/N-ethyl adjacent to an activating group) is 1. The molecule has 22 heavy (non-hydrogen) atoms. The van der Waals surface area contributed by atoms with Crippen molar-refractivity contribution in [3.05, 3.63) is 64.2 Å². The highest BCUT2D eigenvalue weighted by Crippen LogP contribution is 2.35. The molecule has 2 nitrogen and oxygen atoms in total. The lowest BCUT2D eigenvalue weighted by molar-refractivity contribution is 0.228. The van der Waals surface area contributed by atoms with Gasteiger partial charge in [0.15, 0.2) is 0 Å². The standard InChI is InChI=1S/C20H25NO/c1-14-5-7-16(8-6-14)12-19-18-13-20(22-4)15(2)11-17(18)9-10-21(19)3/h5-8,11,13,19H,9-10,12H2,1-4H3. The van der Waals surface area contributed by atoms with Gasteiger partial charge in [0.1, 0.15) is 5.75 Å². The van der Waals surface area contributed by atoms with Crippen molar-refractivity contribution in [1.29, 1.82) is 0 Å². The molecule has 0 saturated carbocycles. The van der Waals surface area contributed by atoms with E-state index in [0.29, 0.717) is 6.04 Å². The van der Waals surface area contributed by atoms with Crippen LogP contribution in [0.15, 0.2) is 36.4 Å². The topological polar surface area (TPSA) is 12.5 Å². The fraction of sp³-hybridized carbons (Fsp3) is 0.400. The fourth-order valence-electron chi connectivity index (χ4n) is 3.41. The van der Waals surface area contributed by atoms with Crippen molar-refractivity contribution < 1.29 is 4.74 Å². The third-order valence-corrected chi connectivity index (χ3v) is 4.83. The molecule has 0 spiro atoms. The molecule has 0 radical (unpaired) electrons. The van der Waals surface area contributed by atoms with Crippen molar-refractivity contribution in [3.63, 3.8) is 0 Å². The highest BCUT2D eigenvalue weighted by Gasteiger charge is 2.26. The van der Waals surface area contributed by atoms with E-state index < -0.39 is 0 Å². The van der Waals surface area contributed by atoms with E-state index in [2.05, 4.69) is 62.2 Å². The highest BCUT2D eigenvalue weighted by molar-refractivity contribution is 5.45. The molecular formula is C20H25NO. The summed E-state index contributed by atoms with van der Waals surface area (Å²) in [4.78, 5) is 2.47. The molecule has 1 aliphatic heterocycles. The zero-order valence-corrected chi connectivity index (χ0v) is 14.0. The first-order chi connectivity index (χ1) is 10.6. The second kappa shape index (κ2) is 6.13. The maximum absolute atomic E-state index is 5.54. The van der Waals surface area contributed by atoms with E-state index in [1.54, 1.807) is 7.11 Å². The first-order valence-electron chi connectivity index (χ1n) is 8.01. The van der Waals surface area contributed by atoms with Crippen molar-refractivity contribution in [2.75, 3.05) is 20.7 Å². The highest BCUT2D eigenvalue weighted by atomic mass is 16.5. The van der Waals surface area contributed by atoms with Gasteiger partial charge in [-0.1, -0.05) is 35.9 Å². The number of hydrogen-bond donors (Lipinski definition) is 0. The SMILES string of the molecule is COc1cc2c(cc1C)CCN(C)C2Cc1ccc(C)cc1. The number of rotatable bonds is 3. The van der Waals surface area contributed by atoms with Gasteiger partial charge in [0.25, 0.3) is 0 Å². The van der Waals surface area contributed by atoms with Crippen LogP contribution in [0.25, 0.3) is 0 Å². The summed E-state index contributed by atoms with van der Waals surface area (Å²) in [6, 6.07) is 13.9. The quantitative estimate of drug-likeness (QED) is 0.846. The maximum Gasteiger partial charge on any atom is 0.122 e. The van der Waals surface area contributed by atoms with Crippen molar-refractivity contribution in [2.24, 2.45) is 0 Å². The number of ether oxygens (including phenoxy) is 1. The van der Waals surface area contributed by atoms with E-state index in [1.807, 2.05) is 0 Å². The van der Waals surface area contributed by atoms with Gasteiger partial charge in [-0.25, -0.2) is 0 Å². The van der Waals surface area contributed by atoms with Gasteiger partial charge in [-0.15, -0.1) is 0 Å². The van der Waals surface area contributed by atoms with Crippen LogP contribution < -0.4 is 4.74 Å². The van der Waals surface area contributed by atoms with Gasteiger partial charge in [0, 0.05) is 12.6 Å². The van der Waals surface area contributed by atoms with Crippen LogP contribution in [0.1, 0.15) is 33.9 Å². The molecule has 0 aromatic heterocycles. The van der Waals surface area contributed by atoms with Gasteiger partial charge >= 0.3 is 0 Å². The van der Waals surface area contributed by atoms with Crippen LogP contribution in [0.2, 0.25) is 0 Å². The van der Waals surface area contributed by atoms with E-state index in [-0.39, 0.29) is 0 Å². The van der Waals surface area contributed by atoms with Gasteiger partial charge < -0.3 is 4.74 Å². The number of fused-ring (bicyclic) bond motifs is 1. The molecule has 0 saturated heterocycles. The predicted octanol–water partition coefficient (Wildman–Crippen LogP) is 4.08. The van der Waals surface area contributed by atoms with E-state index >= 15 is 0 Å². The first kappa shape index (κ1) is 15.1. The molecule has 2 aromatic carbocycles. The van der Waals surface area contributed by atoms with E-state index in [9.17, 15) is 0 Å². The Bertz CT molecular complexity index is 660. The summed E-state index contributed by atoms with van der Waals surface area (Å²) in [6.07, 6.45) is 2.18. The Morgan fingerprint density at radius 1 is 1.14 bits per heavy atom. The second-order valence-electron chi connectivity index (χ2n) is 6.46. The molecule has 0 bridgehead atoms. The predicted molar refractivity (Wildman–Crippen MR) is 91.7 cm³/mol. The number of nitrogens with zero attached hydrogens (tertiary/aromatic N) is 1. The average molecular weight is 295 g/mol. The van der Waals surface area contributed by atoms with Gasteiger partial charge in [-0.05, 0) is 62.1 Å². The van der Waals surface area contributed by atoms with E-state index in [4.69, 9.17) is 4.74 Å². The summed E-state index contributed by atoms with van der Waals surface area (Å²) < 4.78 is 5.54.